The van der Waals surface area contributed by atoms with Crippen LogP contribution in [0.5, 0.6) is 0 Å². The fourth-order valence-electron chi connectivity index (χ4n) is 2.07. The van der Waals surface area contributed by atoms with E-state index in [1.54, 1.807) is 0 Å². The van der Waals surface area contributed by atoms with Crippen LogP contribution in [0.25, 0.3) is 0 Å². The minimum atomic E-state index is 0.345. The van der Waals surface area contributed by atoms with Gasteiger partial charge in [-0.05, 0) is 24.4 Å². The number of hydrogen-bond donors (Lipinski definition) is 5. The van der Waals surface area contributed by atoms with Crippen LogP contribution in [-0.4, -0.2) is 57.5 Å². The van der Waals surface area contributed by atoms with Crippen LogP contribution >= 0.6 is 12.2 Å². The van der Waals surface area contributed by atoms with E-state index in [9.17, 15) is 0 Å². The van der Waals surface area contributed by atoms with Crippen molar-refractivity contribution in [3.63, 3.8) is 0 Å². The lowest BCUT2D eigenvalue weighted by Crippen LogP contribution is -2.40. The highest BCUT2D eigenvalue weighted by Crippen LogP contribution is 2.11. The fraction of sp³-hybridized carbons (Fsp3) is 0.533. The Morgan fingerprint density at radius 3 is 2.23 bits per heavy atom. The van der Waals surface area contributed by atoms with Crippen LogP contribution in [0.3, 0.4) is 0 Å². The molecule has 1 aromatic carbocycles. The van der Waals surface area contributed by atoms with Gasteiger partial charge in [0.15, 0.2) is 5.11 Å². The molecule has 0 saturated heterocycles. The molecule has 0 aliphatic heterocycles. The van der Waals surface area contributed by atoms with Gasteiger partial charge in [0.25, 0.3) is 0 Å². The van der Waals surface area contributed by atoms with Gasteiger partial charge in [0, 0.05) is 58.0 Å². The molecule has 0 fully saturated rings. The van der Waals surface area contributed by atoms with Crippen LogP contribution in [-0.2, 0) is 0 Å². The molecule has 22 heavy (non-hydrogen) atoms. The number of anilines is 1. The number of nitrogens with two attached hydrogens (primary N) is 2. The molecule has 0 saturated carbocycles. The van der Waals surface area contributed by atoms with E-state index in [4.69, 9.17) is 23.7 Å². The second-order valence-electron chi connectivity index (χ2n) is 4.90. The van der Waals surface area contributed by atoms with Gasteiger partial charge in [0.05, 0.1) is 0 Å². The largest absolute Gasteiger partial charge is 0.376 e. The predicted molar refractivity (Wildman–Crippen MR) is 98.2 cm³/mol. The van der Waals surface area contributed by atoms with Crippen molar-refractivity contribution in [1.29, 1.82) is 0 Å². The maximum atomic E-state index is 5.47. The summed E-state index contributed by atoms with van der Waals surface area (Å²) in [6.07, 6.45) is 0. The first-order valence-corrected chi connectivity index (χ1v) is 8.09. The summed E-state index contributed by atoms with van der Waals surface area (Å²) in [5.74, 6) is 0. The number of nitrogens with one attached hydrogen (secondary N) is 3. The second kappa shape index (κ2) is 12.2. The van der Waals surface area contributed by atoms with Crippen LogP contribution in [0.4, 0.5) is 5.69 Å². The third kappa shape index (κ3) is 8.78. The van der Waals surface area contributed by atoms with Gasteiger partial charge in [-0.1, -0.05) is 18.2 Å². The van der Waals surface area contributed by atoms with E-state index in [0.717, 1.165) is 45.8 Å². The maximum absolute atomic E-state index is 5.47. The highest BCUT2D eigenvalue weighted by atomic mass is 32.1. The minimum Gasteiger partial charge on any atom is -0.376 e. The zero-order valence-electron chi connectivity index (χ0n) is 13.1. The Kier molecular flexibility index (Phi) is 10.3. The molecule has 0 atom stereocenters. The summed E-state index contributed by atoms with van der Waals surface area (Å²) in [6.45, 7) is 6.86. The number of thiocarbonyl (C=S) groups is 1. The van der Waals surface area contributed by atoms with Crippen molar-refractivity contribution in [3.8, 4) is 0 Å². The van der Waals surface area contributed by atoms with E-state index >= 15 is 0 Å². The molecule has 6 nitrogen and oxygen atoms in total. The van der Waals surface area contributed by atoms with Gasteiger partial charge in [-0.15, -0.1) is 0 Å². The normalized spacial score (nSPS) is 10.4. The van der Waals surface area contributed by atoms with Crippen molar-refractivity contribution in [2.45, 2.75) is 0 Å². The average molecular weight is 324 g/mol. The molecule has 0 bridgehead atoms. The molecule has 0 radical (unpaired) electrons. The SMILES string of the molecule is NCCNCCNCCN(CCNC(N)=S)c1ccccc1. The Balaban J connectivity index is 2.30. The lowest BCUT2D eigenvalue weighted by atomic mass is 10.3. The molecule has 0 amide bonds. The van der Waals surface area contributed by atoms with Gasteiger partial charge in [-0.3, -0.25) is 0 Å². The van der Waals surface area contributed by atoms with Crippen molar-refractivity contribution in [2.75, 3.05) is 57.3 Å². The highest BCUT2D eigenvalue weighted by Gasteiger charge is 2.05. The number of nitrogens with zero attached hydrogens (tertiary/aromatic N) is 1. The minimum absolute atomic E-state index is 0.345. The smallest absolute Gasteiger partial charge is 0.163 e. The topological polar surface area (TPSA) is 91.4 Å². The monoisotopic (exact) mass is 324 g/mol. The summed E-state index contributed by atoms with van der Waals surface area (Å²) >= 11 is 4.84. The Bertz CT molecular complexity index is 400. The van der Waals surface area contributed by atoms with E-state index < -0.39 is 0 Å². The molecule has 7 N–H and O–H groups in total. The fourth-order valence-corrected chi connectivity index (χ4v) is 2.17. The van der Waals surface area contributed by atoms with Crippen LogP contribution in [0.1, 0.15) is 0 Å². The lowest BCUT2D eigenvalue weighted by Gasteiger charge is -2.25. The van der Waals surface area contributed by atoms with Crippen molar-refractivity contribution in [3.05, 3.63) is 30.3 Å². The van der Waals surface area contributed by atoms with E-state index in [1.807, 2.05) is 18.2 Å². The molecule has 0 heterocycles. The summed E-state index contributed by atoms with van der Waals surface area (Å²) in [5, 5.41) is 10.0. The third-order valence-electron chi connectivity index (χ3n) is 3.16. The van der Waals surface area contributed by atoms with E-state index in [2.05, 4.69) is 33.0 Å². The summed E-state index contributed by atoms with van der Waals surface area (Å²) in [7, 11) is 0. The highest BCUT2D eigenvalue weighted by molar-refractivity contribution is 7.80. The van der Waals surface area contributed by atoms with Crippen molar-refractivity contribution in [2.24, 2.45) is 11.5 Å². The number of benzene rings is 1. The van der Waals surface area contributed by atoms with Gasteiger partial charge >= 0.3 is 0 Å². The van der Waals surface area contributed by atoms with Crippen LogP contribution in [0.2, 0.25) is 0 Å². The van der Waals surface area contributed by atoms with Gasteiger partial charge in [-0.25, -0.2) is 0 Å². The molecular weight excluding hydrogens is 296 g/mol. The molecule has 0 aliphatic carbocycles. The first kappa shape index (κ1) is 18.6. The zero-order valence-corrected chi connectivity index (χ0v) is 13.9. The molecular formula is C15H28N6S. The Labute approximate surface area is 138 Å². The molecule has 1 rings (SSSR count). The molecule has 7 heteroatoms. The standard InChI is InChI=1S/C15H28N6S/c16-6-7-18-8-9-19-10-12-21(13-11-20-15(17)22)14-4-2-1-3-5-14/h1-5,18-19H,6-13,16H2,(H3,17,20,22). The van der Waals surface area contributed by atoms with Crippen LogP contribution < -0.4 is 32.3 Å². The Morgan fingerprint density at radius 1 is 0.955 bits per heavy atom. The molecule has 0 unspecified atom stereocenters. The Hall–Kier alpha value is -1.41. The van der Waals surface area contributed by atoms with E-state index in [1.165, 1.54) is 5.69 Å². The molecule has 0 aliphatic rings. The lowest BCUT2D eigenvalue weighted by molar-refractivity contribution is 0.605. The molecule has 0 spiro atoms. The van der Waals surface area contributed by atoms with Crippen LogP contribution in [0.15, 0.2) is 30.3 Å². The van der Waals surface area contributed by atoms with Gasteiger partial charge in [0.2, 0.25) is 0 Å². The third-order valence-corrected chi connectivity index (χ3v) is 3.30. The number of rotatable bonds is 12. The summed E-state index contributed by atoms with van der Waals surface area (Å²) in [4.78, 5) is 2.31. The first-order chi connectivity index (χ1) is 10.7. The number of hydrogen-bond acceptors (Lipinski definition) is 5. The zero-order chi connectivity index (χ0) is 16.0. The molecule has 1 aromatic rings. The van der Waals surface area contributed by atoms with Crippen molar-refractivity contribution < 1.29 is 0 Å². The predicted octanol–water partition coefficient (Wildman–Crippen LogP) is -0.536. The van der Waals surface area contributed by atoms with Crippen molar-refractivity contribution in [1.82, 2.24) is 16.0 Å². The molecule has 124 valence electrons. The second-order valence-corrected chi connectivity index (χ2v) is 5.34. The number of para-hydroxylation sites is 1. The quantitative estimate of drug-likeness (QED) is 0.261. The molecule has 0 aromatic heterocycles. The maximum Gasteiger partial charge on any atom is 0.163 e. The van der Waals surface area contributed by atoms with Crippen molar-refractivity contribution >= 4 is 23.0 Å². The first-order valence-electron chi connectivity index (χ1n) is 7.69. The van der Waals surface area contributed by atoms with Gasteiger partial charge in [-0.2, -0.15) is 0 Å². The van der Waals surface area contributed by atoms with E-state index in [0.29, 0.717) is 11.7 Å². The van der Waals surface area contributed by atoms with E-state index in [-0.39, 0.29) is 0 Å². The summed E-state index contributed by atoms with van der Waals surface area (Å²) in [5.41, 5.74) is 12.1. The van der Waals surface area contributed by atoms with Crippen LogP contribution in [0, 0.1) is 0 Å². The Morgan fingerprint density at radius 2 is 1.59 bits per heavy atom. The summed E-state index contributed by atoms with van der Waals surface area (Å²) in [6, 6.07) is 10.4. The average Bonchev–Trinajstić information content (AvgIpc) is 2.53. The summed E-state index contributed by atoms with van der Waals surface area (Å²) < 4.78 is 0. The van der Waals surface area contributed by atoms with Gasteiger partial charge in [0.1, 0.15) is 0 Å². The van der Waals surface area contributed by atoms with Gasteiger partial charge < -0.3 is 32.3 Å².